The Morgan fingerprint density at radius 1 is 0.955 bits per heavy atom. The number of methoxy groups -OCH3 is 1. The summed E-state index contributed by atoms with van der Waals surface area (Å²) in [5.74, 6) is 0.368. The first-order valence-electron chi connectivity index (χ1n) is 6.90. The molecule has 0 aliphatic carbocycles. The molecule has 0 aliphatic rings. The number of ketones is 1. The number of carbonyl (C=O) groups excluding carboxylic acids is 2. The van der Waals surface area contributed by atoms with E-state index in [4.69, 9.17) is 4.74 Å². The van der Waals surface area contributed by atoms with Gasteiger partial charge in [-0.2, -0.15) is 0 Å². The number of hydrogen-bond donors (Lipinski definition) is 0. The zero-order chi connectivity index (χ0) is 15.5. The molecule has 0 radical (unpaired) electrons. The van der Waals surface area contributed by atoms with Crippen LogP contribution in [0.1, 0.15) is 26.3 Å². The highest BCUT2D eigenvalue weighted by Gasteiger charge is 2.16. The maximum Gasteiger partial charge on any atom is 0.194 e. The third-order valence-corrected chi connectivity index (χ3v) is 3.67. The fraction of sp³-hybridized carbons (Fsp3) is 0.0526. The first-order valence-corrected chi connectivity index (χ1v) is 6.90. The number of benzene rings is 3. The van der Waals surface area contributed by atoms with Gasteiger partial charge >= 0.3 is 0 Å². The molecule has 108 valence electrons. The summed E-state index contributed by atoms with van der Waals surface area (Å²) in [4.78, 5) is 24.1. The molecule has 3 rings (SSSR count). The molecule has 0 fully saturated rings. The molecule has 0 atom stereocenters. The van der Waals surface area contributed by atoms with Crippen LogP contribution in [0.5, 0.6) is 5.75 Å². The van der Waals surface area contributed by atoms with Crippen LogP contribution in [-0.4, -0.2) is 19.2 Å². The molecular formula is C19H14O3. The Morgan fingerprint density at radius 3 is 2.50 bits per heavy atom. The van der Waals surface area contributed by atoms with Crippen LogP contribution in [0.15, 0.2) is 60.7 Å². The molecule has 3 nitrogen and oxygen atoms in total. The third-order valence-electron chi connectivity index (χ3n) is 3.67. The molecule has 3 heteroatoms. The van der Waals surface area contributed by atoms with Crippen LogP contribution >= 0.6 is 0 Å². The monoisotopic (exact) mass is 290 g/mol. The summed E-state index contributed by atoms with van der Waals surface area (Å²) in [5, 5.41) is 1.86. The van der Waals surface area contributed by atoms with E-state index in [1.165, 1.54) is 7.11 Å². The second kappa shape index (κ2) is 5.82. The van der Waals surface area contributed by atoms with Gasteiger partial charge in [-0.05, 0) is 29.0 Å². The van der Waals surface area contributed by atoms with Crippen molar-refractivity contribution in [2.75, 3.05) is 7.11 Å². The number of fused-ring (bicyclic) bond motifs is 1. The van der Waals surface area contributed by atoms with E-state index >= 15 is 0 Å². The third kappa shape index (κ3) is 2.37. The quantitative estimate of drug-likeness (QED) is 0.541. The zero-order valence-electron chi connectivity index (χ0n) is 12.1. The van der Waals surface area contributed by atoms with Crippen LogP contribution < -0.4 is 4.74 Å². The molecule has 0 N–H and O–H groups in total. The molecule has 3 aromatic carbocycles. The SMILES string of the molecule is COc1ccc(C=O)c(C(=O)c2cccc3ccccc23)c1. The largest absolute Gasteiger partial charge is 0.497 e. The Balaban J connectivity index is 2.20. The molecule has 0 aliphatic heterocycles. The van der Waals surface area contributed by atoms with E-state index in [1.807, 2.05) is 36.4 Å². The van der Waals surface area contributed by atoms with Gasteiger partial charge in [0, 0.05) is 16.7 Å². The fourth-order valence-corrected chi connectivity index (χ4v) is 2.53. The summed E-state index contributed by atoms with van der Waals surface area (Å²) in [7, 11) is 1.53. The Kier molecular flexibility index (Phi) is 3.71. The lowest BCUT2D eigenvalue weighted by atomic mass is 9.94. The second-order valence-corrected chi connectivity index (χ2v) is 4.93. The first kappa shape index (κ1) is 14.0. The lowest BCUT2D eigenvalue weighted by Crippen LogP contribution is -2.06. The van der Waals surface area contributed by atoms with Gasteiger partial charge in [0.05, 0.1) is 7.11 Å². The van der Waals surface area contributed by atoms with Crippen LogP contribution in [0.4, 0.5) is 0 Å². The van der Waals surface area contributed by atoms with Gasteiger partial charge < -0.3 is 4.74 Å². The number of carbonyl (C=O) groups is 2. The van der Waals surface area contributed by atoms with Crippen LogP contribution in [0.3, 0.4) is 0 Å². The van der Waals surface area contributed by atoms with Gasteiger partial charge in [-0.15, -0.1) is 0 Å². The van der Waals surface area contributed by atoms with Gasteiger partial charge in [0.1, 0.15) is 5.75 Å². The van der Waals surface area contributed by atoms with Crippen molar-refractivity contribution in [2.45, 2.75) is 0 Å². The molecule has 0 heterocycles. The smallest absolute Gasteiger partial charge is 0.194 e. The van der Waals surface area contributed by atoms with Crippen LogP contribution in [0, 0.1) is 0 Å². The molecule has 22 heavy (non-hydrogen) atoms. The van der Waals surface area contributed by atoms with E-state index in [0.29, 0.717) is 28.7 Å². The van der Waals surface area contributed by atoms with Crippen LogP contribution in [0.25, 0.3) is 10.8 Å². The summed E-state index contributed by atoms with van der Waals surface area (Å²) >= 11 is 0. The number of hydrogen-bond acceptors (Lipinski definition) is 3. The molecule has 0 amide bonds. The predicted octanol–water partition coefficient (Wildman–Crippen LogP) is 3.89. The highest BCUT2D eigenvalue weighted by molar-refractivity contribution is 6.18. The standard InChI is InChI=1S/C19H14O3/c1-22-15-10-9-14(12-20)18(11-15)19(21)17-8-4-6-13-5-2-3-7-16(13)17/h2-12H,1H3. The van der Waals surface area contributed by atoms with Gasteiger partial charge in [-0.3, -0.25) is 9.59 Å². The lowest BCUT2D eigenvalue weighted by molar-refractivity contribution is 0.103. The highest BCUT2D eigenvalue weighted by atomic mass is 16.5. The molecule has 0 spiro atoms. The Hall–Kier alpha value is -2.94. The average Bonchev–Trinajstić information content (AvgIpc) is 2.60. The van der Waals surface area contributed by atoms with Gasteiger partial charge in [0.15, 0.2) is 12.1 Å². The van der Waals surface area contributed by atoms with Gasteiger partial charge in [0.25, 0.3) is 0 Å². The minimum absolute atomic E-state index is 0.183. The minimum Gasteiger partial charge on any atom is -0.497 e. The zero-order valence-corrected chi connectivity index (χ0v) is 12.1. The molecule has 0 unspecified atom stereocenters. The number of aldehydes is 1. The molecule has 0 saturated carbocycles. The summed E-state index contributed by atoms with van der Waals surface area (Å²) in [6.07, 6.45) is 0.692. The normalized spacial score (nSPS) is 10.4. The first-order chi connectivity index (χ1) is 10.7. The van der Waals surface area contributed by atoms with E-state index in [9.17, 15) is 9.59 Å². The molecular weight excluding hydrogens is 276 g/mol. The van der Waals surface area contributed by atoms with Crippen molar-refractivity contribution in [2.24, 2.45) is 0 Å². The number of ether oxygens (including phenoxy) is 1. The number of rotatable bonds is 4. The Morgan fingerprint density at radius 2 is 1.73 bits per heavy atom. The summed E-state index contributed by atoms with van der Waals surface area (Å²) in [6, 6.07) is 18.1. The lowest BCUT2D eigenvalue weighted by Gasteiger charge is -2.09. The molecule has 0 aromatic heterocycles. The summed E-state index contributed by atoms with van der Waals surface area (Å²) in [5.41, 5.74) is 1.29. The highest BCUT2D eigenvalue weighted by Crippen LogP contribution is 2.24. The van der Waals surface area contributed by atoms with Crippen molar-refractivity contribution in [3.63, 3.8) is 0 Å². The fourth-order valence-electron chi connectivity index (χ4n) is 2.53. The summed E-state index contributed by atoms with van der Waals surface area (Å²) < 4.78 is 5.16. The molecule has 3 aromatic rings. The molecule has 0 bridgehead atoms. The van der Waals surface area contributed by atoms with E-state index < -0.39 is 0 Å². The van der Waals surface area contributed by atoms with Crippen molar-refractivity contribution in [3.8, 4) is 5.75 Å². The van der Waals surface area contributed by atoms with E-state index in [0.717, 1.165) is 10.8 Å². The van der Waals surface area contributed by atoms with E-state index in [1.54, 1.807) is 24.3 Å². The molecule has 0 saturated heterocycles. The minimum atomic E-state index is -0.183. The van der Waals surface area contributed by atoms with Crippen molar-refractivity contribution < 1.29 is 14.3 Å². The maximum atomic E-state index is 12.9. The Labute approximate surface area is 128 Å². The van der Waals surface area contributed by atoms with Crippen LogP contribution in [-0.2, 0) is 0 Å². The summed E-state index contributed by atoms with van der Waals surface area (Å²) in [6.45, 7) is 0. The van der Waals surface area contributed by atoms with Crippen molar-refractivity contribution in [3.05, 3.63) is 77.4 Å². The van der Waals surface area contributed by atoms with Gasteiger partial charge in [-0.25, -0.2) is 0 Å². The van der Waals surface area contributed by atoms with Gasteiger partial charge in [-0.1, -0.05) is 42.5 Å². The van der Waals surface area contributed by atoms with E-state index in [2.05, 4.69) is 0 Å². The van der Waals surface area contributed by atoms with E-state index in [-0.39, 0.29) is 5.78 Å². The van der Waals surface area contributed by atoms with Crippen molar-refractivity contribution in [1.82, 2.24) is 0 Å². The van der Waals surface area contributed by atoms with Crippen LogP contribution in [0.2, 0.25) is 0 Å². The maximum absolute atomic E-state index is 12.9. The Bertz CT molecular complexity index is 860. The van der Waals surface area contributed by atoms with Crippen molar-refractivity contribution in [1.29, 1.82) is 0 Å². The predicted molar refractivity (Wildman–Crippen MR) is 85.8 cm³/mol. The van der Waals surface area contributed by atoms with Crippen molar-refractivity contribution >= 4 is 22.8 Å². The second-order valence-electron chi connectivity index (χ2n) is 4.93. The average molecular weight is 290 g/mol. The van der Waals surface area contributed by atoms with Gasteiger partial charge in [0.2, 0.25) is 0 Å². The topological polar surface area (TPSA) is 43.4 Å².